The lowest BCUT2D eigenvalue weighted by molar-refractivity contribution is -0.115. The van der Waals surface area contributed by atoms with Crippen molar-refractivity contribution in [2.75, 3.05) is 12.4 Å². The molecule has 0 spiro atoms. The summed E-state index contributed by atoms with van der Waals surface area (Å²) < 4.78 is 0. The number of hydrogen-bond acceptors (Lipinski definition) is 2. The molecule has 3 heteroatoms. The summed E-state index contributed by atoms with van der Waals surface area (Å²) in [5.74, 6) is 0.00520. The third-order valence-corrected chi connectivity index (χ3v) is 3.33. The number of carbonyl (C=O) groups excluding carboxylic acids is 1. The van der Waals surface area contributed by atoms with Crippen LogP contribution in [0.3, 0.4) is 0 Å². The summed E-state index contributed by atoms with van der Waals surface area (Å²) in [5.41, 5.74) is 3.05. The minimum absolute atomic E-state index is 0.00520. The maximum atomic E-state index is 11.9. The van der Waals surface area contributed by atoms with Gasteiger partial charge in [0.15, 0.2) is 0 Å². The molecule has 1 atom stereocenters. The average molecular weight is 268 g/mol. The molecule has 20 heavy (non-hydrogen) atoms. The van der Waals surface area contributed by atoms with Crippen molar-refractivity contribution < 1.29 is 4.79 Å². The zero-order chi connectivity index (χ0) is 14.4. The van der Waals surface area contributed by atoms with Gasteiger partial charge in [0, 0.05) is 11.7 Å². The minimum atomic E-state index is 0.00520. The van der Waals surface area contributed by atoms with Crippen molar-refractivity contribution in [1.82, 2.24) is 5.32 Å². The maximum Gasteiger partial charge on any atom is 0.228 e. The van der Waals surface area contributed by atoms with Crippen molar-refractivity contribution in [3.05, 3.63) is 65.7 Å². The van der Waals surface area contributed by atoms with E-state index in [0.29, 0.717) is 12.5 Å². The molecule has 0 saturated carbocycles. The second-order valence-electron chi connectivity index (χ2n) is 4.84. The monoisotopic (exact) mass is 268 g/mol. The number of rotatable bonds is 5. The van der Waals surface area contributed by atoms with Crippen LogP contribution in [0.5, 0.6) is 0 Å². The highest BCUT2D eigenvalue weighted by molar-refractivity contribution is 5.92. The van der Waals surface area contributed by atoms with Crippen molar-refractivity contribution in [1.29, 1.82) is 0 Å². The Balaban J connectivity index is 1.94. The molecule has 0 aliphatic carbocycles. The van der Waals surface area contributed by atoms with Crippen LogP contribution in [0.1, 0.15) is 24.1 Å². The lowest BCUT2D eigenvalue weighted by Crippen LogP contribution is -2.15. The summed E-state index contributed by atoms with van der Waals surface area (Å²) in [5, 5.41) is 6.10. The highest BCUT2D eigenvalue weighted by Gasteiger charge is 2.05. The number of amides is 1. The Morgan fingerprint density at radius 3 is 2.30 bits per heavy atom. The molecular weight excluding hydrogens is 248 g/mol. The van der Waals surface area contributed by atoms with Crippen LogP contribution in [0.4, 0.5) is 5.69 Å². The fourth-order valence-corrected chi connectivity index (χ4v) is 2.01. The van der Waals surface area contributed by atoms with E-state index in [4.69, 9.17) is 0 Å². The van der Waals surface area contributed by atoms with E-state index in [1.807, 2.05) is 61.6 Å². The van der Waals surface area contributed by atoms with Crippen molar-refractivity contribution >= 4 is 11.6 Å². The lowest BCUT2D eigenvalue weighted by Gasteiger charge is -2.11. The minimum Gasteiger partial charge on any atom is -0.326 e. The van der Waals surface area contributed by atoms with Gasteiger partial charge in [-0.05, 0) is 37.2 Å². The Morgan fingerprint density at radius 2 is 1.70 bits per heavy atom. The van der Waals surface area contributed by atoms with Crippen LogP contribution in [0.25, 0.3) is 0 Å². The van der Waals surface area contributed by atoms with Crippen molar-refractivity contribution in [3.63, 3.8) is 0 Å². The van der Waals surface area contributed by atoms with Crippen molar-refractivity contribution in [2.45, 2.75) is 19.4 Å². The number of anilines is 1. The van der Waals surface area contributed by atoms with Gasteiger partial charge in [-0.25, -0.2) is 0 Å². The quantitative estimate of drug-likeness (QED) is 0.874. The Hall–Kier alpha value is -2.13. The molecule has 1 unspecified atom stereocenters. The first-order valence-electron chi connectivity index (χ1n) is 6.80. The summed E-state index contributed by atoms with van der Waals surface area (Å²) in [6.07, 6.45) is 0.398. The van der Waals surface area contributed by atoms with E-state index in [9.17, 15) is 4.79 Å². The van der Waals surface area contributed by atoms with E-state index in [1.165, 1.54) is 5.56 Å². The van der Waals surface area contributed by atoms with Crippen LogP contribution in [0.2, 0.25) is 0 Å². The molecule has 0 saturated heterocycles. The molecule has 0 bridgehead atoms. The van der Waals surface area contributed by atoms with Crippen LogP contribution in [-0.4, -0.2) is 13.0 Å². The van der Waals surface area contributed by atoms with E-state index in [2.05, 4.69) is 17.6 Å². The molecule has 2 N–H and O–H groups in total. The van der Waals surface area contributed by atoms with E-state index in [0.717, 1.165) is 11.3 Å². The normalized spacial score (nSPS) is 11.9. The summed E-state index contributed by atoms with van der Waals surface area (Å²) in [7, 11) is 1.93. The van der Waals surface area contributed by atoms with Gasteiger partial charge >= 0.3 is 0 Å². The third kappa shape index (κ3) is 3.93. The predicted molar refractivity (Wildman–Crippen MR) is 82.7 cm³/mol. The van der Waals surface area contributed by atoms with Gasteiger partial charge in [-0.15, -0.1) is 0 Å². The van der Waals surface area contributed by atoms with Gasteiger partial charge in [0.25, 0.3) is 0 Å². The molecule has 0 heterocycles. The van der Waals surface area contributed by atoms with E-state index >= 15 is 0 Å². The Kier molecular flexibility index (Phi) is 4.91. The third-order valence-electron chi connectivity index (χ3n) is 3.33. The first kappa shape index (κ1) is 14.3. The van der Waals surface area contributed by atoms with Crippen LogP contribution in [0.15, 0.2) is 54.6 Å². The number of nitrogens with one attached hydrogen (secondary N) is 2. The first-order chi connectivity index (χ1) is 9.69. The molecule has 1 amide bonds. The van der Waals surface area contributed by atoms with Crippen LogP contribution in [-0.2, 0) is 11.2 Å². The van der Waals surface area contributed by atoms with Gasteiger partial charge in [0.1, 0.15) is 0 Å². The Morgan fingerprint density at radius 1 is 1.05 bits per heavy atom. The molecule has 2 rings (SSSR count). The van der Waals surface area contributed by atoms with Gasteiger partial charge in [0.2, 0.25) is 5.91 Å². The van der Waals surface area contributed by atoms with Gasteiger partial charge in [0.05, 0.1) is 6.42 Å². The molecule has 104 valence electrons. The fourth-order valence-electron chi connectivity index (χ4n) is 2.01. The van der Waals surface area contributed by atoms with Crippen molar-refractivity contribution in [3.8, 4) is 0 Å². The highest BCUT2D eigenvalue weighted by Crippen LogP contribution is 2.15. The van der Waals surface area contributed by atoms with Crippen LogP contribution >= 0.6 is 0 Å². The second-order valence-corrected chi connectivity index (χ2v) is 4.84. The summed E-state index contributed by atoms with van der Waals surface area (Å²) in [4.78, 5) is 11.9. The predicted octanol–water partition coefficient (Wildman–Crippen LogP) is 3.15. The smallest absolute Gasteiger partial charge is 0.228 e. The largest absolute Gasteiger partial charge is 0.326 e. The number of hydrogen-bond donors (Lipinski definition) is 2. The second kappa shape index (κ2) is 6.87. The molecule has 0 aliphatic rings. The van der Waals surface area contributed by atoms with E-state index in [-0.39, 0.29) is 5.91 Å². The zero-order valence-corrected chi connectivity index (χ0v) is 11.9. The topological polar surface area (TPSA) is 41.1 Å². The zero-order valence-electron chi connectivity index (χ0n) is 11.9. The Labute approximate surface area is 120 Å². The fraction of sp³-hybridized carbons (Fsp3) is 0.235. The average Bonchev–Trinajstić information content (AvgIpc) is 2.48. The molecule has 0 aliphatic heterocycles. The van der Waals surface area contributed by atoms with Gasteiger partial charge in [-0.1, -0.05) is 42.5 Å². The summed E-state index contributed by atoms with van der Waals surface area (Å²) >= 11 is 0. The summed E-state index contributed by atoms with van der Waals surface area (Å²) in [6.45, 7) is 2.10. The summed E-state index contributed by atoms with van der Waals surface area (Å²) in [6, 6.07) is 18.0. The highest BCUT2D eigenvalue weighted by atomic mass is 16.1. The molecule has 2 aromatic carbocycles. The van der Waals surface area contributed by atoms with Crippen molar-refractivity contribution in [2.24, 2.45) is 0 Å². The Bertz CT molecular complexity index is 549. The van der Waals surface area contributed by atoms with Gasteiger partial charge < -0.3 is 10.6 Å². The molecule has 2 aromatic rings. The van der Waals surface area contributed by atoms with Gasteiger partial charge in [-0.3, -0.25) is 4.79 Å². The van der Waals surface area contributed by atoms with E-state index in [1.54, 1.807) is 0 Å². The lowest BCUT2D eigenvalue weighted by atomic mass is 10.1. The number of benzene rings is 2. The van der Waals surface area contributed by atoms with E-state index < -0.39 is 0 Å². The molecule has 0 aromatic heterocycles. The van der Waals surface area contributed by atoms with Crippen LogP contribution in [0, 0.1) is 0 Å². The van der Waals surface area contributed by atoms with Gasteiger partial charge in [-0.2, -0.15) is 0 Å². The maximum absolute atomic E-state index is 11.9. The van der Waals surface area contributed by atoms with Crippen LogP contribution < -0.4 is 10.6 Å². The SMILES string of the molecule is CNC(C)c1ccc(NC(=O)Cc2ccccc2)cc1. The number of carbonyl (C=O) groups is 1. The molecule has 3 nitrogen and oxygen atoms in total. The first-order valence-corrected chi connectivity index (χ1v) is 6.80. The standard InChI is InChI=1S/C17H20N2O/c1-13(18-2)15-8-10-16(11-9-15)19-17(20)12-14-6-4-3-5-7-14/h3-11,13,18H,12H2,1-2H3,(H,19,20). The molecular formula is C17H20N2O. The molecule has 0 radical (unpaired) electrons. The molecule has 0 fully saturated rings.